The van der Waals surface area contributed by atoms with E-state index < -0.39 is 10.9 Å². The van der Waals surface area contributed by atoms with E-state index in [1.54, 1.807) is 0 Å². The predicted octanol–water partition coefficient (Wildman–Crippen LogP) is 2.66. The van der Waals surface area contributed by atoms with Crippen LogP contribution in [0.5, 0.6) is 0 Å². The minimum absolute atomic E-state index is 0.134. The molecule has 3 rings (SSSR count). The smallest absolute Gasteiger partial charge is 0.390 e. The second-order valence-corrected chi connectivity index (χ2v) is 5.63. The van der Waals surface area contributed by atoms with E-state index >= 15 is 0 Å². The van der Waals surface area contributed by atoms with Gasteiger partial charge in [0, 0.05) is 26.4 Å². The average molecular weight is 376 g/mol. The van der Waals surface area contributed by atoms with Gasteiger partial charge in [-0.3, -0.25) is 0 Å². The highest BCUT2D eigenvalue weighted by atomic mass is 79.9. The van der Waals surface area contributed by atoms with Gasteiger partial charge in [0.2, 0.25) is 0 Å². The first-order valence-electron chi connectivity index (χ1n) is 5.19. The Morgan fingerprint density at radius 2 is 2.25 bits per heavy atom. The van der Waals surface area contributed by atoms with Crippen LogP contribution in [0.4, 0.5) is 5.95 Å². The van der Waals surface area contributed by atoms with Crippen LogP contribution in [0.2, 0.25) is 5.15 Å². The molecular formula is C9H4BrClN6O2S. The van der Waals surface area contributed by atoms with Crippen LogP contribution >= 0.6 is 38.9 Å². The summed E-state index contributed by atoms with van der Waals surface area (Å²) in [4.78, 5) is 22.8. The third kappa shape index (κ3) is 2.37. The van der Waals surface area contributed by atoms with E-state index in [4.69, 9.17) is 11.6 Å². The molecule has 3 aromatic heterocycles. The highest BCUT2D eigenvalue weighted by Crippen LogP contribution is 2.25. The van der Waals surface area contributed by atoms with Gasteiger partial charge >= 0.3 is 5.95 Å². The number of nitro groups is 1. The Labute approximate surface area is 128 Å². The molecule has 3 aromatic rings. The fraction of sp³-hybridized carbons (Fsp3) is 0.111. The van der Waals surface area contributed by atoms with Gasteiger partial charge in [0.1, 0.15) is 16.5 Å². The van der Waals surface area contributed by atoms with Crippen molar-refractivity contribution in [2.45, 2.75) is 6.54 Å². The summed E-state index contributed by atoms with van der Waals surface area (Å²) in [6.45, 7) is 0.134. The zero-order chi connectivity index (χ0) is 14.3. The molecule has 0 N–H and O–H groups in total. The summed E-state index contributed by atoms with van der Waals surface area (Å²) in [6.07, 6.45) is 0. The number of hydrogen-bond donors (Lipinski definition) is 0. The Morgan fingerprint density at radius 3 is 2.95 bits per heavy atom. The minimum atomic E-state index is -0.669. The van der Waals surface area contributed by atoms with Gasteiger partial charge in [-0.15, -0.1) is 11.3 Å². The number of rotatable bonds is 3. The molecule has 0 fully saturated rings. The van der Waals surface area contributed by atoms with E-state index in [1.807, 2.05) is 11.4 Å². The van der Waals surface area contributed by atoms with Crippen LogP contribution in [0.15, 0.2) is 16.2 Å². The average Bonchev–Trinajstić information content (AvgIpc) is 2.97. The SMILES string of the molecule is O=[N+]([O-])c1nc(Br)n(Cc2nc(Cl)c3ccsc3n2)n1. The fourth-order valence-electron chi connectivity index (χ4n) is 1.56. The molecule has 0 bridgehead atoms. The molecule has 0 saturated heterocycles. The molecule has 0 radical (unpaired) electrons. The highest BCUT2D eigenvalue weighted by molar-refractivity contribution is 9.10. The molecular weight excluding hydrogens is 372 g/mol. The van der Waals surface area contributed by atoms with Crippen LogP contribution < -0.4 is 0 Å². The van der Waals surface area contributed by atoms with E-state index in [-0.39, 0.29) is 11.3 Å². The van der Waals surface area contributed by atoms with E-state index in [0.717, 1.165) is 10.2 Å². The molecule has 0 aliphatic heterocycles. The molecule has 8 nitrogen and oxygen atoms in total. The van der Waals surface area contributed by atoms with Crippen molar-refractivity contribution >= 4 is 55.0 Å². The van der Waals surface area contributed by atoms with E-state index in [2.05, 4.69) is 36.0 Å². The summed E-state index contributed by atoms with van der Waals surface area (Å²) in [6, 6.07) is 1.84. The number of hydrogen-bond acceptors (Lipinski definition) is 7. The number of aromatic nitrogens is 5. The van der Waals surface area contributed by atoms with Gasteiger partial charge in [-0.05, 0) is 21.4 Å². The normalized spacial score (nSPS) is 11.1. The Morgan fingerprint density at radius 1 is 1.45 bits per heavy atom. The first-order valence-corrected chi connectivity index (χ1v) is 7.24. The standard InChI is InChI=1S/C9H4BrClN6O2S/c10-8-14-9(17(18)19)15-16(8)3-5-12-6(11)4-1-2-20-7(4)13-5/h1-2H,3H2. The third-order valence-corrected chi connectivity index (χ3v) is 4.08. The van der Waals surface area contributed by atoms with Crippen LogP contribution in [0.1, 0.15) is 5.82 Å². The third-order valence-electron chi connectivity index (χ3n) is 2.39. The number of nitrogens with zero attached hydrogens (tertiary/aromatic N) is 6. The summed E-state index contributed by atoms with van der Waals surface area (Å²) in [5, 5.41) is 17.3. The fourth-order valence-corrected chi connectivity index (χ4v) is 3.01. The first-order chi connectivity index (χ1) is 9.54. The van der Waals surface area contributed by atoms with Gasteiger partial charge in [0.05, 0.1) is 0 Å². The molecule has 0 unspecified atom stereocenters. The molecule has 0 spiro atoms. The maximum Gasteiger partial charge on any atom is 0.492 e. The van der Waals surface area contributed by atoms with Gasteiger partial charge in [0.25, 0.3) is 4.73 Å². The highest BCUT2D eigenvalue weighted by Gasteiger charge is 2.20. The Balaban J connectivity index is 1.98. The van der Waals surface area contributed by atoms with Crippen molar-refractivity contribution in [3.63, 3.8) is 0 Å². The number of halogens is 2. The molecule has 3 heterocycles. The van der Waals surface area contributed by atoms with Crippen molar-refractivity contribution in [1.82, 2.24) is 24.7 Å². The van der Waals surface area contributed by atoms with E-state index in [0.29, 0.717) is 11.0 Å². The van der Waals surface area contributed by atoms with Crippen molar-refractivity contribution in [2.75, 3.05) is 0 Å². The second kappa shape index (κ2) is 5.04. The summed E-state index contributed by atoms with van der Waals surface area (Å²) >= 11 is 10.6. The van der Waals surface area contributed by atoms with Crippen LogP contribution in [-0.4, -0.2) is 29.7 Å². The van der Waals surface area contributed by atoms with E-state index in [9.17, 15) is 10.1 Å². The molecule has 0 aliphatic rings. The quantitative estimate of drug-likeness (QED) is 0.396. The second-order valence-electron chi connectivity index (χ2n) is 3.67. The monoisotopic (exact) mass is 374 g/mol. The Kier molecular flexibility index (Phi) is 3.36. The largest absolute Gasteiger partial charge is 0.492 e. The van der Waals surface area contributed by atoms with Gasteiger partial charge in [-0.1, -0.05) is 11.6 Å². The maximum atomic E-state index is 10.6. The topological polar surface area (TPSA) is 99.6 Å². The van der Waals surface area contributed by atoms with Crippen molar-refractivity contribution in [1.29, 1.82) is 0 Å². The van der Waals surface area contributed by atoms with Crippen LogP contribution in [-0.2, 0) is 6.54 Å². The molecule has 0 aromatic carbocycles. The lowest BCUT2D eigenvalue weighted by Crippen LogP contribution is -2.06. The van der Waals surface area contributed by atoms with Crippen molar-refractivity contribution in [3.8, 4) is 0 Å². The summed E-state index contributed by atoms with van der Waals surface area (Å²) in [5.41, 5.74) is 0. The molecule has 0 atom stereocenters. The molecule has 20 heavy (non-hydrogen) atoms. The zero-order valence-corrected chi connectivity index (χ0v) is 12.7. The van der Waals surface area contributed by atoms with Gasteiger partial charge in [-0.2, -0.15) is 4.68 Å². The van der Waals surface area contributed by atoms with Crippen molar-refractivity contribution in [3.05, 3.63) is 37.3 Å². The first kappa shape index (κ1) is 13.3. The summed E-state index contributed by atoms with van der Waals surface area (Å²) < 4.78 is 1.53. The van der Waals surface area contributed by atoms with Gasteiger partial charge < -0.3 is 10.1 Å². The Bertz CT molecular complexity index is 818. The molecule has 0 saturated carbocycles. The van der Waals surface area contributed by atoms with Gasteiger partial charge in [0.15, 0.2) is 5.82 Å². The molecule has 0 amide bonds. The number of fused-ring (bicyclic) bond motifs is 1. The lowest BCUT2D eigenvalue weighted by molar-refractivity contribution is -0.394. The van der Waals surface area contributed by atoms with Crippen molar-refractivity contribution < 1.29 is 4.92 Å². The van der Waals surface area contributed by atoms with Crippen LogP contribution in [0.3, 0.4) is 0 Å². The maximum absolute atomic E-state index is 10.6. The van der Waals surface area contributed by atoms with Crippen LogP contribution in [0.25, 0.3) is 10.2 Å². The predicted molar refractivity (Wildman–Crippen MR) is 75.9 cm³/mol. The van der Waals surface area contributed by atoms with Crippen LogP contribution in [0, 0.1) is 10.1 Å². The minimum Gasteiger partial charge on any atom is -0.390 e. The lowest BCUT2D eigenvalue weighted by Gasteiger charge is -2.00. The Hall–Kier alpha value is -1.65. The summed E-state index contributed by atoms with van der Waals surface area (Å²) in [5.74, 6) is -0.0781. The molecule has 0 aliphatic carbocycles. The zero-order valence-electron chi connectivity index (χ0n) is 9.53. The summed E-state index contributed by atoms with van der Waals surface area (Å²) in [7, 11) is 0. The molecule has 102 valence electrons. The lowest BCUT2D eigenvalue weighted by atomic mass is 10.4. The van der Waals surface area contributed by atoms with E-state index in [1.165, 1.54) is 16.0 Å². The van der Waals surface area contributed by atoms with Gasteiger partial charge in [-0.25, -0.2) is 9.97 Å². The molecule has 11 heteroatoms. The number of thiophene rings is 1. The van der Waals surface area contributed by atoms with Crippen molar-refractivity contribution in [2.24, 2.45) is 0 Å².